The molecule has 3 aromatic rings. The van der Waals surface area contributed by atoms with Crippen LogP contribution in [0.15, 0.2) is 54.6 Å². The van der Waals surface area contributed by atoms with Crippen LogP contribution >= 0.6 is 11.6 Å². The van der Waals surface area contributed by atoms with E-state index in [0.717, 1.165) is 31.0 Å². The molecule has 0 saturated carbocycles. The molecule has 3 nitrogen and oxygen atoms in total. The van der Waals surface area contributed by atoms with Crippen molar-refractivity contribution in [3.8, 4) is 0 Å². The van der Waals surface area contributed by atoms with Gasteiger partial charge in [-0.1, -0.05) is 42.5 Å². The zero-order chi connectivity index (χ0) is 16.4. The van der Waals surface area contributed by atoms with Gasteiger partial charge in [-0.25, -0.2) is 4.98 Å². The van der Waals surface area contributed by atoms with Crippen molar-refractivity contribution in [3.63, 3.8) is 0 Å². The lowest BCUT2D eigenvalue weighted by Gasteiger charge is -2.17. The summed E-state index contributed by atoms with van der Waals surface area (Å²) in [5.41, 5.74) is 3.65. The van der Waals surface area contributed by atoms with Crippen LogP contribution in [0.3, 0.4) is 0 Å². The number of imidazole rings is 1. The maximum atomic E-state index is 6.13. The van der Waals surface area contributed by atoms with Gasteiger partial charge in [-0.05, 0) is 36.6 Å². The molecule has 0 spiro atoms. The van der Waals surface area contributed by atoms with Crippen molar-refractivity contribution < 1.29 is 0 Å². The Kier molecular flexibility index (Phi) is 4.54. The molecule has 4 rings (SSSR count). The smallest absolute Gasteiger partial charge is 0.124 e. The lowest BCUT2D eigenvalue weighted by molar-refractivity contribution is 0.309. The van der Waals surface area contributed by atoms with Gasteiger partial charge >= 0.3 is 0 Å². The summed E-state index contributed by atoms with van der Waals surface area (Å²) < 4.78 is 2.32. The third kappa shape index (κ3) is 3.19. The van der Waals surface area contributed by atoms with Crippen LogP contribution < -0.4 is 0 Å². The number of fused-ring (bicyclic) bond motifs is 1. The first-order valence-electron chi connectivity index (χ1n) is 8.60. The van der Waals surface area contributed by atoms with E-state index < -0.39 is 0 Å². The normalized spacial score (nSPS) is 18.5. The summed E-state index contributed by atoms with van der Waals surface area (Å²) in [6.07, 6.45) is 1.24. The third-order valence-corrected chi connectivity index (χ3v) is 5.15. The number of hydrogen-bond donors (Lipinski definition) is 0. The van der Waals surface area contributed by atoms with Crippen molar-refractivity contribution in [1.82, 2.24) is 14.5 Å². The number of nitrogens with zero attached hydrogens (tertiary/aromatic N) is 3. The number of benzene rings is 2. The molecule has 0 unspecified atom stereocenters. The molecule has 1 atom stereocenters. The van der Waals surface area contributed by atoms with E-state index in [0.29, 0.717) is 11.8 Å². The molecule has 2 aromatic carbocycles. The van der Waals surface area contributed by atoms with Gasteiger partial charge in [0.2, 0.25) is 0 Å². The van der Waals surface area contributed by atoms with Crippen molar-refractivity contribution >= 4 is 22.6 Å². The Morgan fingerprint density at radius 3 is 2.67 bits per heavy atom. The van der Waals surface area contributed by atoms with Gasteiger partial charge in [0.1, 0.15) is 5.82 Å². The first-order valence-corrected chi connectivity index (χ1v) is 9.13. The minimum absolute atomic E-state index is 0.467. The van der Waals surface area contributed by atoms with Gasteiger partial charge in [0, 0.05) is 19.6 Å². The van der Waals surface area contributed by atoms with Crippen LogP contribution in [0.2, 0.25) is 0 Å². The molecule has 1 fully saturated rings. The number of halogens is 1. The lowest BCUT2D eigenvalue weighted by Crippen LogP contribution is -2.21. The molecule has 1 aromatic heterocycles. The highest BCUT2D eigenvalue weighted by molar-refractivity contribution is 6.16. The van der Waals surface area contributed by atoms with E-state index in [4.69, 9.17) is 11.6 Å². The molecule has 2 heterocycles. The first kappa shape index (κ1) is 15.7. The average molecular weight is 340 g/mol. The highest BCUT2D eigenvalue weighted by atomic mass is 35.5. The SMILES string of the molecule is ClCc1nc2ccccc2n1C[C@@H]1CCN(Cc2ccccc2)C1. The summed E-state index contributed by atoms with van der Waals surface area (Å²) in [5.74, 6) is 2.11. The summed E-state index contributed by atoms with van der Waals surface area (Å²) in [7, 11) is 0. The second-order valence-electron chi connectivity index (χ2n) is 6.64. The first-order chi connectivity index (χ1) is 11.8. The molecule has 0 bridgehead atoms. The molecular weight excluding hydrogens is 318 g/mol. The molecule has 1 saturated heterocycles. The van der Waals surface area contributed by atoms with E-state index in [1.165, 1.54) is 24.0 Å². The summed E-state index contributed by atoms with van der Waals surface area (Å²) in [6.45, 7) is 4.36. The van der Waals surface area contributed by atoms with Crippen LogP contribution in [0.4, 0.5) is 0 Å². The number of aromatic nitrogens is 2. The van der Waals surface area contributed by atoms with Crippen molar-refractivity contribution in [1.29, 1.82) is 0 Å². The molecule has 0 aliphatic carbocycles. The van der Waals surface area contributed by atoms with Crippen LogP contribution in [0.1, 0.15) is 17.8 Å². The van der Waals surface area contributed by atoms with Gasteiger partial charge in [0.25, 0.3) is 0 Å². The number of alkyl halides is 1. The Labute approximate surface area is 147 Å². The molecule has 24 heavy (non-hydrogen) atoms. The quantitative estimate of drug-likeness (QED) is 0.646. The molecule has 1 aliphatic rings. The van der Waals surface area contributed by atoms with Gasteiger partial charge < -0.3 is 4.57 Å². The van der Waals surface area contributed by atoms with Gasteiger partial charge in [0.15, 0.2) is 0 Å². The van der Waals surface area contributed by atoms with Crippen LogP contribution in [-0.4, -0.2) is 27.5 Å². The van der Waals surface area contributed by atoms with Gasteiger partial charge in [-0.3, -0.25) is 4.90 Å². The Morgan fingerprint density at radius 2 is 1.83 bits per heavy atom. The van der Waals surface area contributed by atoms with E-state index >= 15 is 0 Å². The van der Waals surface area contributed by atoms with Crippen LogP contribution in [0, 0.1) is 5.92 Å². The van der Waals surface area contributed by atoms with Crippen molar-refractivity contribution in [2.45, 2.75) is 25.4 Å². The molecule has 0 amide bonds. The summed E-state index contributed by atoms with van der Waals surface area (Å²) in [4.78, 5) is 7.23. The minimum Gasteiger partial charge on any atom is -0.327 e. The monoisotopic (exact) mass is 339 g/mol. The predicted octanol–water partition coefficient (Wildman–Crippen LogP) is 4.30. The van der Waals surface area contributed by atoms with E-state index in [2.05, 4.69) is 63.0 Å². The molecule has 0 radical (unpaired) electrons. The van der Waals surface area contributed by atoms with Crippen molar-refractivity contribution in [3.05, 3.63) is 66.0 Å². The van der Waals surface area contributed by atoms with E-state index in [1.807, 2.05) is 6.07 Å². The fourth-order valence-electron chi connectivity index (χ4n) is 3.74. The highest BCUT2D eigenvalue weighted by Gasteiger charge is 2.24. The standard InChI is InChI=1S/C20H22ClN3/c21-12-20-22-18-8-4-5-9-19(18)24(20)15-17-10-11-23(14-17)13-16-6-2-1-3-7-16/h1-9,17H,10-15H2/t17-/m1/s1. The summed E-state index contributed by atoms with van der Waals surface area (Å²) >= 11 is 6.13. The summed E-state index contributed by atoms with van der Waals surface area (Å²) in [5, 5.41) is 0. The minimum atomic E-state index is 0.467. The topological polar surface area (TPSA) is 21.1 Å². The molecule has 4 heteroatoms. The number of para-hydroxylation sites is 2. The average Bonchev–Trinajstić information content (AvgIpc) is 3.21. The lowest BCUT2D eigenvalue weighted by atomic mass is 10.1. The zero-order valence-corrected chi connectivity index (χ0v) is 14.5. The van der Waals surface area contributed by atoms with Crippen LogP contribution in [0.25, 0.3) is 11.0 Å². The zero-order valence-electron chi connectivity index (χ0n) is 13.7. The van der Waals surface area contributed by atoms with E-state index in [9.17, 15) is 0 Å². The van der Waals surface area contributed by atoms with Crippen molar-refractivity contribution in [2.24, 2.45) is 5.92 Å². The Balaban J connectivity index is 1.47. The van der Waals surface area contributed by atoms with E-state index in [-0.39, 0.29) is 0 Å². The van der Waals surface area contributed by atoms with E-state index in [1.54, 1.807) is 0 Å². The summed E-state index contributed by atoms with van der Waals surface area (Å²) in [6, 6.07) is 19.1. The largest absolute Gasteiger partial charge is 0.327 e. The Bertz CT molecular complexity index is 812. The maximum absolute atomic E-state index is 6.13. The Hall–Kier alpha value is -1.84. The van der Waals surface area contributed by atoms with Gasteiger partial charge in [-0.2, -0.15) is 0 Å². The van der Waals surface area contributed by atoms with Crippen LogP contribution in [0.5, 0.6) is 0 Å². The number of rotatable bonds is 5. The third-order valence-electron chi connectivity index (χ3n) is 4.91. The second kappa shape index (κ2) is 6.96. The second-order valence-corrected chi connectivity index (χ2v) is 6.90. The number of likely N-dealkylation sites (tertiary alicyclic amines) is 1. The maximum Gasteiger partial charge on any atom is 0.124 e. The molecule has 124 valence electrons. The van der Waals surface area contributed by atoms with Crippen LogP contribution in [-0.2, 0) is 19.0 Å². The molecule has 0 N–H and O–H groups in total. The fraction of sp³-hybridized carbons (Fsp3) is 0.350. The number of hydrogen-bond acceptors (Lipinski definition) is 2. The Morgan fingerprint density at radius 1 is 1.04 bits per heavy atom. The molecular formula is C20H22ClN3. The fourth-order valence-corrected chi connectivity index (χ4v) is 3.94. The van der Waals surface area contributed by atoms with Gasteiger partial charge in [0.05, 0.1) is 16.9 Å². The van der Waals surface area contributed by atoms with Crippen molar-refractivity contribution in [2.75, 3.05) is 13.1 Å². The molecule has 1 aliphatic heterocycles. The predicted molar refractivity (Wildman–Crippen MR) is 99.1 cm³/mol. The highest BCUT2D eigenvalue weighted by Crippen LogP contribution is 2.24. The van der Waals surface area contributed by atoms with Gasteiger partial charge in [-0.15, -0.1) is 11.6 Å².